The highest BCUT2D eigenvalue weighted by Crippen LogP contribution is 2.18. The Hall–Kier alpha value is -1.07. The lowest BCUT2D eigenvalue weighted by Gasteiger charge is -2.16. The maximum atomic E-state index is 11.2. The van der Waals surface area contributed by atoms with E-state index in [4.69, 9.17) is 4.74 Å². The summed E-state index contributed by atoms with van der Waals surface area (Å²) in [6.45, 7) is 11.9. The van der Waals surface area contributed by atoms with Gasteiger partial charge < -0.3 is 14.4 Å². The molecule has 0 aromatic carbocycles. The molecule has 0 bridgehead atoms. The topological polar surface area (TPSA) is 51.5 Å². The molecule has 0 saturated carbocycles. The SMILES string of the molecule is CCc1cn(COCC[Si](C)(C)C)c(C)c1C(=O)O. The van der Waals surface area contributed by atoms with Crippen molar-refractivity contribution in [2.45, 2.75) is 52.7 Å². The van der Waals surface area contributed by atoms with Gasteiger partial charge in [0.2, 0.25) is 0 Å². The maximum Gasteiger partial charge on any atom is 0.337 e. The van der Waals surface area contributed by atoms with Crippen LogP contribution in [0.25, 0.3) is 0 Å². The van der Waals surface area contributed by atoms with Gasteiger partial charge in [-0.05, 0) is 25.0 Å². The van der Waals surface area contributed by atoms with Crippen molar-refractivity contribution >= 4 is 14.0 Å². The lowest BCUT2D eigenvalue weighted by Crippen LogP contribution is -2.22. The number of aromatic nitrogens is 1. The van der Waals surface area contributed by atoms with Crippen LogP contribution in [-0.4, -0.2) is 30.3 Å². The fourth-order valence-corrected chi connectivity index (χ4v) is 2.72. The van der Waals surface area contributed by atoms with E-state index in [1.165, 1.54) is 0 Å². The van der Waals surface area contributed by atoms with Crippen molar-refractivity contribution in [3.8, 4) is 0 Å². The van der Waals surface area contributed by atoms with Gasteiger partial charge in [-0.3, -0.25) is 0 Å². The molecule has 0 amide bonds. The Morgan fingerprint density at radius 3 is 2.47 bits per heavy atom. The van der Waals surface area contributed by atoms with Gasteiger partial charge in [-0.25, -0.2) is 4.79 Å². The largest absolute Gasteiger partial charge is 0.478 e. The predicted molar refractivity (Wildman–Crippen MR) is 79.6 cm³/mol. The Balaban J connectivity index is 2.67. The number of rotatable bonds is 7. The van der Waals surface area contributed by atoms with E-state index in [1.807, 2.05) is 24.6 Å². The minimum atomic E-state index is -1.07. The van der Waals surface area contributed by atoms with Gasteiger partial charge in [0.1, 0.15) is 6.73 Å². The monoisotopic (exact) mass is 283 g/mol. The minimum absolute atomic E-state index is 0.427. The van der Waals surface area contributed by atoms with Crippen LogP contribution in [0, 0.1) is 6.92 Å². The molecule has 0 spiro atoms. The lowest BCUT2D eigenvalue weighted by molar-refractivity contribution is 0.0691. The summed E-state index contributed by atoms with van der Waals surface area (Å²) in [6, 6.07) is 1.12. The van der Waals surface area contributed by atoms with Gasteiger partial charge in [-0.2, -0.15) is 0 Å². The average molecular weight is 283 g/mol. The number of carbonyl (C=O) groups is 1. The van der Waals surface area contributed by atoms with Crippen LogP contribution in [0.4, 0.5) is 0 Å². The van der Waals surface area contributed by atoms with Crippen molar-refractivity contribution < 1.29 is 14.6 Å². The number of ether oxygens (including phenoxy) is 1. The zero-order chi connectivity index (χ0) is 14.6. The van der Waals surface area contributed by atoms with Crippen LogP contribution in [0.1, 0.15) is 28.5 Å². The molecule has 4 nitrogen and oxygen atoms in total. The van der Waals surface area contributed by atoms with E-state index in [1.54, 1.807) is 0 Å². The van der Waals surface area contributed by atoms with Crippen LogP contribution in [0.5, 0.6) is 0 Å². The summed E-state index contributed by atoms with van der Waals surface area (Å²) in [5.41, 5.74) is 2.08. The highest BCUT2D eigenvalue weighted by Gasteiger charge is 2.17. The zero-order valence-electron chi connectivity index (χ0n) is 12.6. The molecular weight excluding hydrogens is 258 g/mol. The van der Waals surface area contributed by atoms with Gasteiger partial charge in [0.05, 0.1) is 5.56 Å². The molecule has 1 rings (SSSR count). The van der Waals surface area contributed by atoms with Crippen LogP contribution >= 0.6 is 0 Å². The van der Waals surface area contributed by atoms with Gasteiger partial charge in [0.15, 0.2) is 0 Å². The smallest absolute Gasteiger partial charge is 0.337 e. The summed E-state index contributed by atoms with van der Waals surface area (Å²) in [4.78, 5) is 11.2. The van der Waals surface area contributed by atoms with E-state index in [-0.39, 0.29) is 0 Å². The number of aromatic carboxylic acids is 1. The van der Waals surface area contributed by atoms with Gasteiger partial charge in [0, 0.05) is 26.6 Å². The minimum Gasteiger partial charge on any atom is -0.478 e. The van der Waals surface area contributed by atoms with Crippen molar-refractivity contribution in [2.75, 3.05) is 6.61 Å². The number of hydrogen-bond acceptors (Lipinski definition) is 2. The molecule has 1 heterocycles. The van der Waals surface area contributed by atoms with E-state index in [0.717, 1.165) is 30.3 Å². The summed E-state index contributed by atoms with van der Waals surface area (Å²) in [5.74, 6) is -0.852. The van der Waals surface area contributed by atoms with Crippen LogP contribution in [0.3, 0.4) is 0 Å². The standard InChI is InChI=1S/C14H25NO3Si/c1-6-12-9-15(11(2)13(12)14(16)17)10-18-7-8-19(3,4)5/h9H,6-8,10H2,1-5H3,(H,16,17). The van der Waals surface area contributed by atoms with E-state index in [0.29, 0.717) is 12.3 Å². The third-order valence-electron chi connectivity index (χ3n) is 3.25. The number of nitrogens with zero attached hydrogens (tertiary/aromatic N) is 1. The highest BCUT2D eigenvalue weighted by atomic mass is 28.3. The molecular formula is C14H25NO3Si. The second-order valence-electron chi connectivity index (χ2n) is 6.09. The molecule has 0 atom stereocenters. The van der Waals surface area contributed by atoms with Crippen LogP contribution < -0.4 is 0 Å². The second kappa shape index (κ2) is 6.39. The lowest BCUT2D eigenvalue weighted by atomic mass is 10.1. The molecule has 108 valence electrons. The Kier molecular flexibility index (Phi) is 5.37. The van der Waals surface area contributed by atoms with Crippen molar-refractivity contribution in [3.05, 3.63) is 23.0 Å². The third kappa shape index (κ3) is 4.51. The van der Waals surface area contributed by atoms with Gasteiger partial charge >= 0.3 is 5.97 Å². The quantitative estimate of drug-likeness (QED) is 0.616. The summed E-state index contributed by atoms with van der Waals surface area (Å²) < 4.78 is 7.57. The third-order valence-corrected chi connectivity index (χ3v) is 4.95. The molecule has 0 aliphatic heterocycles. The number of carboxylic acids is 1. The fourth-order valence-electron chi connectivity index (χ4n) is 1.96. The van der Waals surface area contributed by atoms with Crippen LogP contribution in [0.2, 0.25) is 25.7 Å². The molecule has 0 unspecified atom stereocenters. The molecule has 1 aromatic heterocycles. The molecule has 0 fully saturated rings. The molecule has 0 aliphatic carbocycles. The fraction of sp³-hybridized carbons (Fsp3) is 0.643. The summed E-state index contributed by atoms with van der Waals surface area (Å²) in [6.07, 6.45) is 2.62. The summed E-state index contributed by atoms with van der Waals surface area (Å²) >= 11 is 0. The predicted octanol–water partition coefficient (Wildman–Crippen LogP) is 3.37. The summed E-state index contributed by atoms with van der Waals surface area (Å²) in [5, 5.41) is 9.22. The van der Waals surface area contributed by atoms with Gasteiger partial charge in [-0.1, -0.05) is 26.6 Å². The number of aryl methyl sites for hydroxylation is 1. The highest BCUT2D eigenvalue weighted by molar-refractivity contribution is 6.76. The van der Waals surface area contributed by atoms with E-state index < -0.39 is 14.0 Å². The first-order valence-electron chi connectivity index (χ1n) is 6.76. The summed E-state index contributed by atoms with van der Waals surface area (Å²) in [7, 11) is -1.07. The second-order valence-corrected chi connectivity index (χ2v) is 11.7. The van der Waals surface area contributed by atoms with Crippen molar-refractivity contribution in [1.29, 1.82) is 0 Å². The maximum absolute atomic E-state index is 11.2. The molecule has 19 heavy (non-hydrogen) atoms. The Labute approximate surface area is 116 Å². The molecule has 0 saturated heterocycles. The molecule has 1 N–H and O–H groups in total. The molecule has 0 aliphatic rings. The van der Waals surface area contributed by atoms with Crippen LogP contribution in [-0.2, 0) is 17.9 Å². The normalized spacial score (nSPS) is 11.8. The number of carboxylic acid groups (broad SMARTS) is 1. The molecule has 5 heteroatoms. The van der Waals surface area contributed by atoms with Crippen molar-refractivity contribution in [1.82, 2.24) is 4.57 Å². The van der Waals surface area contributed by atoms with Crippen molar-refractivity contribution in [3.63, 3.8) is 0 Å². The Morgan fingerprint density at radius 2 is 2.05 bits per heavy atom. The zero-order valence-corrected chi connectivity index (χ0v) is 13.6. The first-order valence-corrected chi connectivity index (χ1v) is 10.5. The van der Waals surface area contributed by atoms with Crippen LogP contribution in [0.15, 0.2) is 6.20 Å². The van der Waals surface area contributed by atoms with Gasteiger partial charge in [0.25, 0.3) is 0 Å². The van der Waals surface area contributed by atoms with E-state index in [2.05, 4.69) is 19.6 Å². The average Bonchev–Trinajstić information content (AvgIpc) is 2.60. The number of hydrogen-bond donors (Lipinski definition) is 1. The first-order chi connectivity index (χ1) is 8.76. The Bertz CT molecular complexity index is 446. The van der Waals surface area contributed by atoms with E-state index >= 15 is 0 Å². The van der Waals surface area contributed by atoms with E-state index in [9.17, 15) is 9.90 Å². The molecule has 1 aromatic rings. The van der Waals surface area contributed by atoms with Gasteiger partial charge in [-0.15, -0.1) is 0 Å². The van der Waals surface area contributed by atoms with Crippen molar-refractivity contribution in [2.24, 2.45) is 0 Å². The molecule has 0 radical (unpaired) electrons. The first kappa shape index (κ1) is 16.0. The Morgan fingerprint density at radius 1 is 1.42 bits per heavy atom.